The van der Waals surface area contributed by atoms with Crippen LogP contribution in [0.3, 0.4) is 0 Å². The fraction of sp³-hybridized carbons (Fsp3) is 0.800. The van der Waals surface area contributed by atoms with Crippen LogP contribution in [0, 0.1) is 5.92 Å². The molecule has 0 radical (unpaired) electrons. The summed E-state index contributed by atoms with van der Waals surface area (Å²) in [6.07, 6.45) is 7.06. The standard InChI is InChI=1S/C15H27NO/c1-11(2)16(12(3)4)15(17)13(5)14-9-7-6-8-10-14/h9,11-13H,6-8,10H2,1-5H3. The highest BCUT2D eigenvalue weighted by Gasteiger charge is 2.27. The number of carbonyl (C=O) groups excluding carboxylic acids is 1. The van der Waals surface area contributed by atoms with E-state index in [2.05, 4.69) is 40.7 Å². The quantitative estimate of drug-likeness (QED) is 0.682. The molecule has 1 rings (SSSR count). The number of allylic oxidation sites excluding steroid dienone is 1. The zero-order valence-corrected chi connectivity index (χ0v) is 12.0. The van der Waals surface area contributed by atoms with Crippen molar-refractivity contribution in [1.82, 2.24) is 4.90 Å². The first-order chi connectivity index (χ1) is 7.95. The van der Waals surface area contributed by atoms with Crippen molar-refractivity contribution in [2.45, 2.75) is 72.4 Å². The minimum absolute atomic E-state index is 0.0695. The van der Waals surface area contributed by atoms with Crippen LogP contribution in [-0.2, 0) is 4.79 Å². The van der Waals surface area contributed by atoms with E-state index in [4.69, 9.17) is 0 Å². The normalized spacial score (nSPS) is 18.2. The summed E-state index contributed by atoms with van der Waals surface area (Å²) < 4.78 is 0. The summed E-state index contributed by atoms with van der Waals surface area (Å²) in [5.74, 6) is 0.364. The third-order valence-electron chi connectivity index (χ3n) is 3.62. The Morgan fingerprint density at radius 2 is 1.71 bits per heavy atom. The highest BCUT2D eigenvalue weighted by atomic mass is 16.2. The second kappa shape index (κ2) is 6.23. The van der Waals surface area contributed by atoms with Gasteiger partial charge in [0.05, 0.1) is 5.92 Å². The maximum atomic E-state index is 12.5. The monoisotopic (exact) mass is 237 g/mol. The topological polar surface area (TPSA) is 20.3 Å². The Labute approximate surface area is 106 Å². The van der Waals surface area contributed by atoms with Crippen molar-refractivity contribution in [2.24, 2.45) is 5.92 Å². The van der Waals surface area contributed by atoms with E-state index in [1.54, 1.807) is 0 Å². The summed E-state index contributed by atoms with van der Waals surface area (Å²) in [5.41, 5.74) is 1.35. The van der Waals surface area contributed by atoms with Gasteiger partial charge >= 0.3 is 0 Å². The van der Waals surface area contributed by atoms with Crippen LogP contribution in [-0.4, -0.2) is 22.9 Å². The van der Waals surface area contributed by atoms with E-state index in [1.807, 2.05) is 4.90 Å². The molecule has 0 saturated heterocycles. The molecule has 17 heavy (non-hydrogen) atoms. The van der Waals surface area contributed by atoms with E-state index in [1.165, 1.54) is 18.4 Å². The Hall–Kier alpha value is -0.790. The lowest BCUT2D eigenvalue weighted by atomic mass is 9.89. The molecule has 1 amide bonds. The smallest absolute Gasteiger partial charge is 0.229 e. The van der Waals surface area contributed by atoms with Crippen LogP contribution in [0.5, 0.6) is 0 Å². The molecule has 0 bridgehead atoms. The minimum atomic E-state index is 0.0695. The first-order valence-electron chi connectivity index (χ1n) is 6.96. The van der Waals surface area contributed by atoms with Gasteiger partial charge in [0.15, 0.2) is 0 Å². The fourth-order valence-corrected chi connectivity index (χ4v) is 2.74. The Morgan fingerprint density at radius 1 is 1.12 bits per heavy atom. The van der Waals surface area contributed by atoms with E-state index in [9.17, 15) is 4.79 Å². The fourth-order valence-electron chi connectivity index (χ4n) is 2.74. The maximum absolute atomic E-state index is 12.5. The number of nitrogens with zero attached hydrogens (tertiary/aromatic N) is 1. The minimum Gasteiger partial charge on any atom is -0.337 e. The molecule has 0 spiro atoms. The predicted octanol–water partition coefficient (Wildman–Crippen LogP) is 3.77. The first kappa shape index (κ1) is 14.3. The number of rotatable bonds is 4. The van der Waals surface area contributed by atoms with Gasteiger partial charge in [-0.2, -0.15) is 0 Å². The molecule has 0 fully saturated rings. The van der Waals surface area contributed by atoms with Crippen molar-refractivity contribution in [3.05, 3.63) is 11.6 Å². The van der Waals surface area contributed by atoms with E-state index in [-0.39, 0.29) is 18.0 Å². The molecule has 0 saturated carbocycles. The molecule has 1 atom stereocenters. The second-order valence-electron chi connectivity index (χ2n) is 5.68. The Morgan fingerprint density at radius 3 is 2.12 bits per heavy atom. The molecule has 1 aliphatic rings. The maximum Gasteiger partial charge on any atom is 0.229 e. The van der Waals surface area contributed by atoms with Gasteiger partial charge in [-0.25, -0.2) is 0 Å². The molecule has 0 N–H and O–H groups in total. The third-order valence-corrected chi connectivity index (χ3v) is 3.62. The lowest BCUT2D eigenvalue weighted by molar-refractivity contribution is -0.137. The molecule has 1 unspecified atom stereocenters. The molecular formula is C15H27NO. The van der Waals surface area contributed by atoms with Crippen molar-refractivity contribution in [3.63, 3.8) is 0 Å². The third kappa shape index (κ3) is 3.58. The summed E-state index contributed by atoms with van der Waals surface area (Å²) in [7, 11) is 0. The van der Waals surface area contributed by atoms with E-state index >= 15 is 0 Å². The van der Waals surface area contributed by atoms with Crippen LogP contribution in [0.2, 0.25) is 0 Å². The lowest BCUT2D eigenvalue weighted by Gasteiger charge is -2.34. The van der Waals surface area contributed by atoms with Crippen molar-refractivity contribution >= 4 is 5.91 Å². The molecule has 1 aliphatic carbocycles. The van der Waals surface area contributed by atoms with Crippen LogP contribution >= 0.6 is 0 Å². The molecule has 0 aromatic heterocycles. The Balaban J connectivity index is 2.76. The van der Waals surface area contributed by atoms with Gasteiger partial charge in [0, 0.05) is 12.1 Å². The summed E-state index contributed by atoms with van der Waals surface area (Å²) >= 11 is 0. The van der Waals surface area contributed by atoms with Gasteiger partial charge in [0.1, 0.15) is 0 Å². The number of hydrogen-bond acceptors (Lipinski definition) is 1. The van der Waals surface area contributed by atoms with Crippen LogP contribution in [0.25, 0.3) is 0 Å². The molecule has 0 aromatic carbocycles. The molecular weight excluding hydrogens is 210 g/mol. The summed E-state index contributed by atoms with van der Waals surface area (Å²) in [6, 6.07) is 0.572. The van der Waals surface area contributed by atoms with Crippen LogP contribution in [0.15, 0.2) is 11.6 Å². The highest BCUT2D eigenvalue weighted by Crippen LogP contribution is 2.26. The van der Waals surface area contributed by atoms with Crippen LogP contribution in [0.1, 0.15) is 60.3 Å². The average Bonchev–Trinajstić information content (AvgIpc) is 2.28. The van der Waals surface area contributed by atoms with Crippen molar-refractivity contribution in [2.75, 3.05) is 0 Å². The van der Waals surface area contributed by atoms with Crippen molar-refractivity contribution in [1.29, 1.82) is 0 Å². The van der Waals surface area contributed by atoms with Gasteiger partial charge in [-0.05, 0) is 60.3 Å². The van der Waals surface area contributed by atoms with E-state index < -0.39 is 0 Å². The van der Waals surface area contributed by atoms with Crippen LogP contribution in [0.4, 0.5) is 0 Å². The van der Waals surface area contributed by atoms with Crippen molar-refractivity contribution < 1.29 is 4.79 Å². The molecule has 2 nitrogen and oxygen atoms in total. The Kier molecular flexibility index (Phi) is 5.23. The van der Waals surface area contributed by atoms with E-state index in [0.29, 0.717) is 5.91 Å². The van der Waals surface area contributed by atoms with E-state index in [0.717, 1.165) is 12.8 Å². The summed E-state index contributed by atoms with van der Waals surface area (Å²) in [5, 5.41) is 0. The number of hydrogen-bond donors (Lipinski definition) is 0. The van der Waals surface area contributed by atoms with Crippen molar-refractivity contribution in [3.8, 4) is 0 Å². The zero-order valence-electron chi connectivity index (χ0n) is 12.0. The van der Waals surface area contributed by atoms with Gasteiger partial charge in [-0.1, -0.05) is 11.6 Å². The first-order valence-corrected chi connectivity index (χ1v) is 6.96. The van der Waals surface area contributed by atoms with Gasteiger partial charge in [-0.3, -0.25) is 4.79 Å². The average molecular weight is 237 g/mol. The molecule has 2 heteroatoms. The highest BCUT2D eigenvalue weighted by molar-refractivity contribution is 5.81. The summed E-state index contributed by atoms with van der Waals surface area (Å²) in [4.78, 5) is 14.5. The number of amides is 1. The molecule has 0 aliphatic heterocycles. The molecule has 0 heterocycles. The Bertz CT molecular complexity index is 283. The zero-order chi connectivity index (χ0) is 13.0. The van der Waals surface area contributed by atoms with Gasteiger partial charge in [0.25, 0.3) is 0 Å². The van der Waals surface area contributed by atoms with Gasteiger partial charge < -0.3 is 4.90 Å². The van der Waals surface area contributed by atoms with Gasteiger partial charge in [0.2, 0.25) is 5.91 Å². The largest absolute Gasteiger partial charge is 0.337 e. The van der Waals surface area contributed by atoms with Gasteiger partial charge in [-0.15, -0.1) is 0 Å². The second-order valence-corrected chi connectivity index (χ2v) is 5.68. The van der Waals surface area contributed by atoms with Crippen LogP contribution < -0.4 is 0 Å². The summed E-state index contributed by atoms with van der Waals surface area (Å²) in [6.45, 7) is 10.5. The number of carbonyl (C=O) groups is 1. The molecule has 98 valence electrons. The SMILES string of the molecule is CC(C(=O)N(C(C)C)C(C)C)C1=CCCCC1. The lowest BCUT2D eigenvalue weighted by Crippen LogP contribution is -2.45. The predicted molar refractivity (Wildman–Crippen MR) is 72.8 cm³/mol. The molecule has 0 aromatic rings.